The monoisotopic (exact) mass is 832 g/mol. The first kappa shape index (κ1) is 38.9. The molecule has 20 N–H and O–H groups in total. The predicted molar refractivity (Wildman–Crippen MR) is 204 cm³/mol. The number of rotatable bonds is 6. The van der Waals surface area contributed by atoms with Gasteiger partial charge in [-0.15, -0.1) is 0 Å². The van der Waals surface area contributed by atoms with E-state index in [4.69, 9.17) is 0 Å². The highest BCUT2D eigenvalue weighted by atomic mass is 16.4. The van der Waals surface area contributed by atoms with Gasteiger partial charge in [-0.1, -0.05) is 48.5 Å². The molecule has 0 aromatic heterocycles. The zero-order valence-corrected chi connectivity index (χ0v) is 29.5. The maximum absolute atomic E-state index is 11.3. The van der Waals surface area contributed by atoms with Crippen molar-refractivity contribution in [2.45, 2.75) is 0 Å². The Hall–Kier alpha value is -9.34. The van der Waals surface area contributed by atoms with Crippen molar-refractivity contribution in [3.8, 4) is 115 Å². The molecule has 60 heavy (non-hydrogen) atoms. The molecule has 0 saturated carbocycles. The standard InChI is InChI=1S/C38H28N2O20/c41-19-15(20(42)28(50)35(57)27(19)49)39(16-21(43)29(51)36(58)30(52)22(16)44)13-9-5-1-2-6-10(9)14(12-8-4-3-7-11(12)13)40(17-23(45)31(53)37(59)32(54)24(17)46)18-25(47)33(55)38(60)34(56)26(18)48/h1-8,41-60H. The number of aromatic hydroxyl groups is 20. The summed E-state index contributed by atoms with van der Waals surface area (Å²) in [5, 5.41) is 215. The van der Waals surface area contributed by atoms with Crippen molar-refractivity contribution in [1.82, 2.24) is 0 Å². The molecule has 0 amide bonds. The van der Waals surface area contributed by atoms with Crippen molar-refractivity contribution in [2.75, 3.05) is 9.80 Å². The van der Waals surface area contributed by atoms with E-state index >= 15 is 0 Å². The summed E-state index contributed by atoms with van der Waals surface area (Å²) in [7, 11) is 0. The molecule has 0 unspecified atom stereocenters. The lowest BCUT2D eigenvalue weighted by Gasteiger charge is -2.34. The number of nitrogens with zero attached hydrogens (tertiary/aromatic N) is 2. The Morgan fingerprint density at radius 1 is 0.183 bits per heavy atom. The third kappa shape index (κ3) is 5.00. The molecule has 0 aliphatic carbocycles. The molecule has 0 radical (unpaired) electrons. The maximum Gasteiger partial charge on any atom is 0.208 e. The van der Waals surface area contributed by atoms with E-state index in [1.807, 2.05) is 0 Å². The third-order valence-electron chi connectivity index (χ3n) is 9.60. The Bertz CT molecular complexity index is 2510. The fraction of sp³-hybridized carbons (Fsp3) is 0. The Labute approximate surface area is 330 Å². The van der Waals surface area contributed by atoms with E-state index in [0.29, 0.717) is 9.80 Å². The Morgan fingerprint density at radius 3 is 0.467 bits per heavy atom. The summed E-state index contributed by atoms with van der Waals surface area (Å²) in [6.45, 7) is 0. The van der Waals surface area contributed by atoms with Crippen LogP contribution in [0.5, 0.6) is 115 Å². The van der Waals surface area contributed by atoms with Gasteiger partial charge in [0.05, 0.1) is 11.4 Å². The van der Waals surface area contributed by atoms with Gasteiger partial charge in [-0.05, 0) is 0 Å². The lowest BCUT2D eigenvalue weighted by molar-refractivity contribution is 0.326. The summed E-state index contributed by atoms with van der Waals surface area (Å²) in [5.41, 5.74) is -6.00. The average Bonchev–Trinajstić information content (AvgIpc) is 3.24. The second-order valence-electron chi connectivity index (χ2n) is 12.8. The highest BCUT2D eigenvalue weighted by molar-refractivity contribution is 6.25. The van der Waals surface area contributed by atoms with Gasteiger partial charge in [0.2, 0.25) is 69.0 Å². The number of phenolic OH excluding ortho intramolecular Hbond substituents is 20. The minimum atomic E-state index is -1.52. The van der Waals surface area contributed by atoms with Crippen LogP contribution in [0.1, 0.15) is 0 Å². The second-order valence-corrected chi connectivity index (χ2v) is 12.8. The minimum absolute atomic E-state index is 0.328. The summed E-state index contributed by atoms with van der Waals surface area (Å²) in [4.78, 5) is 0.818. The van der Waals surface area contributed by atoms with Gasteiger partial charge in [0, 0.05) is 21.5 Å². The zero-order valence-electron chi connectivity index (χ0n) is 29.5. The van der Waals surface area contributed by atoms with Gasteiger partial charge < -0.3 is 102 Å². The van der Waals surface area contributed by atoms with Crippen LogP contribution in [-0.4, -0.2) is 102 Å². The third-order valence-corrected chi connectivity index (χ3v) is 9.60. The number of benzene rings is 7. The molecular formula is C38H28N2O20. The molecule has 22 nitrogen and oxygen atoms in total. The first-order valence-corrected chi connectivity index (χ1v) is 16.5. The van der Waals surface area contributed by atoms with Gasteiger partial charge in [0.15, 0.2) is 46.0 Å². The van der Waals surface area contributed by atoms with Crippen LogP contribution in [0.2, 0.25) is 0 Å². The highest BCUT2D eigenvalue weighted by Gasteiger charge is 2.40. The molecule has 0 fully saturated rings. The van der Waals surface area contributed by atoms with Gasteiger partial charge >= 0.3 is 0 Å². The van der Waals surface area contributed by atoms with E-state index in [0.717, 1.165) is 0 Å². The van der Waals surface area contributed by atoms with Crippen LogP contribution in [0.25, 0.3) is 21.5 Å². The summed E-state index contributed by atoms with van der Waals surface area (Å²) in [5.74, 6) is -30.2. The predicted octanol–water partition coefficient (Wildman–Crippen LogP) is 5.04. The fourth-order valence-corrected chi connectivity index (χ4v) is 6.77. The van der Waals surface area contributed by atoms with Gasteiger partial charge in [0.1, 0.15) is 22.7 Å². The van der Waals surface area contributed by atoms with Crippen molar-refractivity contribution in [3.63, 3.8) is 0 Å². The number of anilines is 6. The molecule has 0 heterocycles. The number of hydrogen-bond donors (Lipinski definition) is 20. The Balaban J connectivity index is 1.79. The molecule has 0 aliphatic heterocycles. The Morgan fingerprint density at radius 2 is 0.317 bits per heavy atom. The molecule has 0 saturated heterocycles. The fourth-order valence-electron chi connectivity index (χ4n) is 6.77. The molecule has 0 bridgehead atoms. The molecule has 22 heteroatoms. The molecule has 0 atom stereocenters. The lowest BCUT2D eigenvalue weighted by Crippen LogP contribution is -2.16. The Kier molecular flexibility index (Phi) is 8.51. The largest absolute Gasteiger partial charge is 0.503 e. The van der Waals surface area contributed by atoms with E-state index in [1.54, 1.807) is 0 Å². The maximum atomic E-state index is 11.3. The van der Waals surface area contributed by atoms with Crippen LogP contribution in [0.15, 0.2) is 48.5 Å². The SMILES string of the molecule is Oc1c(O)c(O)c(N(c2c(O)c(O)c(O)c(O)c2O)c2c3ccccc3c(N(c3c(O)c(O)c(O)c(O)c3O)c3c(O)c(O)c(O)c(O)c3O)c3ccccc23)c(O)c1O. The molecule has 0 spiro atoms. The van der Waals surface area contributed by atoms with Crippen molar-refractivity contribution in [2.24, 2.45) is 0 Å². The normalized spacial score (nSPS) is 11.3. The van der Waals surface area contributed by atoms with Crippen LogP contribution in [0, 0.1) is 0 Å². The summed E-state index contributed by atoms with van der Waals surface area (Å²) in [6, 6.07) is 9.93. The molecule has 7 rings (SSSR count). The number of fused-ring (bicyclic) bond motifs is 2. The summed E-state index contributed by atoms with van der Waals surface area (Å²) in [6.07, 6.45) is 0. The van der Waals surface area contributed by atoms with Gasteiger partial charge in [0.25, 0.3) is 0 Å². The van der Waals surface area contributed by atoms with Crippen LogP contribution in [-0.2, 0) is 0 Å². The highest BCUT2D eigenvalue weighted by Crippen LogP contribution is 2.68. The second kappa shape index (κ2) is 13.1. The molecular weight excluding hydrogens is 804 g/mol. The number of phenols is 20. The van der Waals surface area contributed by atoms with Crippen LogP contribution in [0.3, 0.4) is 0 Å². The van der Waals surface area contributed by atoms with Crippen molar-refractivity contribution >= 4 is 55.7 Å². The van der Waals surface area contributed by atoms with E-state index in [2.05, 4.69) is 0 Å². The quantitative estimate of drug-likeness (QED) is 0.0451. The van der Waals surface area contributed by atoms with Crippen LogP contribution < -0.4 is 9.80 Å². The molecule has 0 aliphatic rings. The molecule has 310 valence electrons. The first-order valence-electron chi connectivity index (χ1n) is 16.5. The lowest BCUT2D eigenvalue weighted by atomic mass is 9.94. The minimum Gasteiger partial charge on any atom is -0.503 e. The topological polar surface area (TPSA) is 411 Å². The molecule has 7 aromatic carbocycles. The average molecular weight is 833 g/mol. The van der Waals surface area contributed by atoms with Crippen LogP contribution in [0.4, 0.5) is 34.1 Å². The zero-order chi connectivity index (χ0) is 44.1. The first-order chi connectivity index (χ1) is 28.2. The van der Waals surface area contributed by atoms with E-state index in [9.17, 15) is 102 Å². The van der Waals surface area contributed by atoms with Crippen LogP contribution >= 0.6 is 0 Å². The van der Waals surface area contributed by atoms with E-state index in [-0.39, 0.29) is 21.5 Å². The van der Waals surface area contributed by atoms with Crippen molar-refractivity contribution < 1.29 is 102 Å². The van der Waals surface area contributed by atoms with E-state index < -0.39 is 149 Å². The van der Waals surface area contributed by atoms with Crippen molar-refractivity contribution in [3.05, 3.63) is 48.5 Å². The number of hydrogen-bond acceptors (Lipinski definition) is 22. The molecule has 7 aromatic rings. The van der Waals surface area contributed by atoms with Gasteiger partial charge in [-0.3, -0.25) is 9.80 Å². The van der Waals surface area contributed by atoms with E-state index in [1.165, 1.54) is 48.5 Å². The van der Waals surface area contributed by atoms with Crippen molar-refractivity contribution in [1.29, 1.82) is 0 Å². The smallest absolute Gasteiger partial charge is 0.208 e. The van der Waals surface area contributed by atoms with Gasteiger partial charge in [-0.25, -0.2) is 0 Å². The summed E-state index contributed by atoms with van der Waals surface area (Å²) >= 11 is 0. The van der Waals surface area contributed by atoms with Gasteiger partial charge in [-0.2, -0.15) is 0 Å². The summed E-state index contributed by atoms with van der Waals surface area (Å²) < 4.78 is 0.